The highest BCUT2D eigenvalue weighted by Gasteiger charge is 2.15. The van der Waals surface area contributed by atoms with Gasteiger partial charge in [-0.05, 0) is 29.8 Å². The molecule has 2 aromatic carbocycles. The first kappa shape index (κ1) is 17.0. The van der Waals surface area contributed by atoms with Crippen molar-refractivity contribution in [3.05, 3.63) is 65.4 Å². The number of halogens is 2. The fraction of sp³-hybridized carbons (Fsp3) is 0.158. The summed E-state index contributed by atoms with van der Waals surface area (Å²) in [5, 5.41) is 6.53. The molecule has 2 heterocycles. The average Bonchev–Trinajstić information content (AvgIpc) is 3.29. The largest absolute Gasteiger partial charge is 0.454 e. The summed E-state index contributed by atoms with van der Waals surface area (Å²) in [5.41, 5.74) is 1.29. The number of hydrogen-bond acceptors (Lipinski definition) is 5. The lowest BCUT2D eigenvalue weighted by Crippen LogP contribution is -2.24. The SMILES string of the molecule is O=C(Cc1cc(-c2ccc(F)cc2F)on1)NCc1ccc2c(c1)OCO2. The van der Waals surface area contributed by atoms with Gasteiger partial charge in [0.15, 0.2) is 17.3 Å². The smallest absolute Gasteiger partial charge is 0.231 e. The highest BCUT2D eigenvalue weighted by atomic mass is 19.1. The molecule has 0 radical (unpaired) electrons. The van der Waals surface area contributed by atoms with E-state index in [4.69, 9.17) is 14.0 Å². The fourth-order valence-electron chi connectivity index (χ4n) is 2.69. The number of rotatable bonds is 5. The van der Waals surface area contributed by atoms with Crippen molar-refractivity contribution in [1.29, 1.82) is 0 Å². The maximum Gasteiger partial charge on any atom is 0.231 e. The summed E-state index contributed by atoms with van der Waals surface area (Å²) in [4.78, 5) is 12.1. The number of benzene rings is 2. The number of nitrogens with zero attached hydrogens (tertiary/aromatic N) is 1. The molecule has 138 valence electrons. The molecule has 0 spiro atoms. The Balaban J connectivity index is 1.37. The Labute approximate surface area is 152 Å². The predicted octanol–water partition coefficient (Wildman–Crippen LogP) is 3.21. The summed E-state index contributed by atoms with van der Waals surface area (Å²) in [6.45, 7) is 0.501. The Morgan fingerprint density at radius 2 is 1.93 bits per heavy atom. The van der Waals surface area contributed by atoms with Crippen LogP contribution in [0.2, 0.25) is 0 Å². The van der Waals surface area contributed by atoms with Gasteiger partial charge in [0, 0.05) is 18.7 Å². The molecule has 0 saturated heterocycles. The summed E-state index contributed by atoms with van der Waals surface area (Å²) in [6, 6.07) is 10.0. The molecular formula is C19H14F2N2O4. The van der Waals surface area contributed by atoms with E-state index in [9.17, 15) is 13.6 Å². The molecule has 3 aromatic rings. The van der Waals surface area contributed by atoms with E-state index in [1.165, 1.54) is 12.1 Å². The summed E-state index contributed by atoms with van der Waals surface area (Å²) in [6.07, 6.45) is -0.0309. The maximum atomic E-state index is 13.8. The van der Waals surface area contributed by atoms with Crippen LogP contribution in [0.3, 0.4) is 0 Å². The number of carbonyl (C=O) groups is 1. The van der Waals surface area contributed by atoms with Crippen molar-refractivity contribution >= 4 is 5.91 Å². The van der Waals surface area contributed by atoms with Crippen LogP contribution in [0.1, 0.15) is 11.3 Å². The number of carbonyl (C=O) groups excluding carboxylic acids is 1. The van der Waals surface area contributed by atoms with Crippen molar-refractivity contribution in [3.8, 4) is 22.8 Å². The van der Waals surface area contributed by atoms with Gasteiger partial charge in [0.25, 0.3) is 0 Å². The zero-order chi connectivity index (χ0) is 18.8. The van der Waals surface area contributed by atoms with Gasteiger partial charge in [0.2, 0.25) is 12.7 Å². The number of nitrogens with one attached hydrogen (secondary N) is 1. The van der Waals surface area contributed by atoms with E-state index >= 15 is 0 Å². The average molecular weight is 372 g/mol. The van der Waals surface area contributed by atoms with Gasteiger partial charge < -0.3 is 19.3 Å². The first-order valence-electron chi connectivity index (χ1n) is 8.15. The monoisotopic (exact) mass is 372 g/mol. The predicted molar refractivity (Wildman–Crippen MR) is 90.0 cm³/mol. The van der Waals surface area contributed by atoms with Crippen LogP contribution in [0.4, 0.5) is 8.78 Å². The molecule has 1 aromatic heterocycles. The molecule has 6 nitrogen and oxygen atoms in total. The molecule has 1 N–H and O–H groups in total. The van der Waals surface area contributed by atoms with Gasteiger partial charge >= 0.3 is 0 Å². The van der Waals surface area contributed by atoms with E-state index in [0.717, 1.165) is 17.7 Å². The normalized spacial score (nSPS) is 12.2. The third kappa shape index (κ3) is 3.74. The Kier molecular flexibility index (Phi) is 4.45. The lowest BCUT2D eigenvalue weighted by molar-refractivity contribution is -0.120. The minimum Gasteiger partial charge on any atom is -0.454 e. The Hall–Kier alpha value is -3.42. The fourth-order valence-corrected chi connectivity index (χ4v) is 2.69. The molecule has 0 atom stereocenters. The molecule has 27 heavy (non-hydrogen) atoms. The molecule has 0 aliphatic carbocycles. The number of hydrogen-bond donors (Lipinski definition) is 1. The van der Waals surface area contributed by atoms with Crippen LogP contribution in [0.25, 0.3) is 11.3 Å². The van der Waals surface area contributed by atoms with Crippen LogP contribution in [0, 0.1) is 11.6 Å². The number of ether oxygens (including phenoxy) is 2. The zero-order valence-corrected chi connectivity index (χ0v) is 14.0. The van der Waals surface area contributed by atoms with Crippen molar-refractivity contribution in [2.45, 2.75) is 13.0 Å². The molecule has 0 saturated carbocycles. The van der Waals surface area contributed by atoms with Gasteiger partial charge in [-0.1, -0.05) is 11.2 Å². The van der Waals surface area contributed by atoms with Gasteiger partial charge in [-0.2, -0.15) is 0 Å². The molecule has 4 rings (SSSR count). The van der Waals surface area contributed by atoms with E-state index in [2.05, 4.69) is 10.5 Å². The first-order chi connectivity index (χ1) is 13.1. The van der Waals surface area contributed by atoms with Crippen LogP contribution in [-0.2, 0) is 17.8 Å². The van der Waals surface area contributed by atoms with Crippen LogP contribution in [-0.4, -0.2) is 17.9 Å². The molecular weight excluding hydrogens is 358 g/mol. The summed E-state index contributed by atoms with van der Waals surface area (Å²) < 4.78 is 42.4. The van der Waals surface area contributed by atoms with Gasteiger partial charge in [0.05, 0.1) is 17.7 Å². The van der Waals surface area contributed by atoms with Gasteiger partial charge in [-0.15, -0.1) is 0 Å². The number of aromatic nitrogens is 1. The van der Waals surface area contributed by atoms with Crippen LogP contribution in [0.15, 0.2) is 47.0 Å². The topological polar surface area (TPSA) is 73.6 Å². The van der Waals surface area contributed by atoms with Gasteiger partial charge in [0.1, 0.15) is 11.6 Å². The highest BCUT2D eigenvalue weighted by Crippen LogP contribution is 2.32. The van der Waals surface area contributed by atoms with Crippen LogP contribution in [0.5, 0.6) is 11.5 Å². The minimum atomic E-state index is -0.759. The molecule has 0 unspecified atom stereocenters. The van der Waals surface area contributed by atoms with Crippen molar-refractivity contribution in [2.75, 3.05) is 6.79 Å². The lowest BCUT2D eigenvalue weighted by atomic mass is 10.1. The van der Waals surface area contributed by atoms with E-state index in [1.54, 1.807) is 12.1 Å². The second-order valence-electron chi connectivity index (χ2n) is 5.95. The van der Waals surface area contributed by atoms with E-state index < -0.39 is 11.6 Å². The van der Waals surface area contributed by atoms with E-state index in [0.29, 0.717) is 23.7 Å². The molecule has 0 bridgehead atoms. The maximum absolute atomic E-state index is 13.8. The number of fused-ring (bicyclic) bond motifs is 1. The lowest BCUT2D eigenvalue weighted by Gasteiger charge is -2.05. The van der Waals surface area contributed by atoms with Gasteiger partial charge in [-0.25, -0.2) is 8.78 Å². The minimum absolute atomic E-state index is 0.0309. The second kappa shape index (κ2) is 7.06. The zero-order valence-electron chi connectivity index (χ0n) is 14.0. The van der Waals surface area contributed by atoms with Crippen molar-refractivity contribution in [1.82, 2.24) is 10.5 Å². The Morgan fingerprint density at radius 1 is 1.07 bits per heavy atom. The molecule has 1 aliphatic rings. The van der Waals surface area contributed by atoms with Gasteiger partial charge in [-0.3, -0.25) is 4.79 Å². The van der Waals surface area contributed by atoms with E-state index in [1.807, 2.05) is 6.07 Å². The highest BCUT2D eigenvalue weighted by molar-refractivity contribution is 5.78. The third-order valence-electron chi connectivity index (χ3n) is 4.02. The Morgan fingerprint density at radius 3 is 2.78 bits per heavy atom. The molecule has 8 heteroatoms. The third-order valence-corrected chi connectivity index (χ3v) is 4.02. The molecule has 0 fully saturated rings. The standard InChI is InChI=1S/C19H14F2N2O4/c20-12-2-3-14(15(21)6-12)17-7-13(23-27-17)8-19(24)22-9-11-1-4-16-18(5-11)26-10-25-16/h1-7H,8-10H2,(H,22,24). The summed E-state index contributed by atoms with van der Waals surface area (Å²) >= 11 is 0. The van der Waals surface area contributed by atoms with Crippen molar-refractivity contribution in [2.24, 2.45) is 0 Å². The first-order valence-corrected chi connectivity index (χ1v) is 8.15. The van der Waals surface area contributed by atoms with Crippen LogP contribution < -0.4 is 14.8 Å². The van der Waals surface area contributed by atoms with Crippen molar-refractivity contribution < 1.29 is 27.6 Å². The van der Waals surface area contributed by atoms with E-state index in [-0.39, 0.29) is 30.4 Å². The summed E-state index contributed by atoms with van der Waals surface area (Å²) in [7, 11) is 0. The summed E-state index contributed by atoms with van der Waals surface area (Å²) in [5.74, 6) is -0.264. The second-order valence-corrected chi connectivity index (χ2v) is 5.95. The van der Waals surface area contributed by atoms with Crippen LogP contribution >= 0.6 is 0 Å². The Bertz CT molecular complexity index is 1000. The quantitative estimate of drug-likeness (QED) is 0.745. The van der Waals surface area contributed by atoms with Crippen molar-refractivity contribution in [3.63, 3.8) is 0 Å². The number of amides is 1. The molecule has 1 aliphatic heterocycles. The molecule has 1 amide bonds.